The molecule has 0 aliphatic rings. The summed E-state index contributed by atoms with van der Waals surface area (Å²) >= 11 is 1.35. The molecule has 1 amide bonds. The van der Waals surface area contributed by atoms with Crippen molar-refractivity contribution in [3.8, 4) is 11.5 Å². The van der Waals surface area contributed by atoms with Gasteiger partial charge >= 0.3 is 0 Å². The van der Waals surface area contributed by atoms with E-state index in [1.807, 2.05) is 43.3 Å². The Kier molecular flexibility index (Phi) is 5.38. The lowest BCUT2D eigenvalue weighted by Crippen LogP contribution is -2.13. The number of hydrogen-bond donors (Lipinski definition) is 2. The van der Waals surface area contributed by atoms with E-state index in [4.69, 9.17) is 9.47 Å². The zero-order chi connectivity index (χ0) is 18.5. The molecular formula is C19H19N3O3S. The average Bonchev–Trinajstić information content (AvgIpc) is 3.12. The van der Waals surface area contributed by atoms with Gasteiger partial charge in [0.2, 0.25) is 0 Å². The molecule has 7 heteroatoms. The van der Waals surface area contributed by atoms with E-state index in [0.717, 1.165) is 16.9 Å². The number of amides is 1. The Labute approximate surface area is 155 Å². The Hall–Kier alpha value is -3.06. The first kappa shape index (κ1) is 17.8. The number of carbonyl (C=O) groups is 1. The van der Waals surface area contributed by atoms with Gasteiger partial charge < -0.3 is 20.1 Å². The molecule has 0 radical (unpaired) electrons. The fraction of sp³-hybridized carbons (Fsp3) is 0.158. The van der Waals surface area contributed by atoms with Crippen LogP contribution in [0.15, 0.2) is 47.8 Å². The summed E-state index contributed by atoms with van der Waals surface area (Å²) in [5.74, 6) is 1.08. The predicted molar refractivity (Wildman–Crippen MR) is 104 cm³/mol. The minimum absolute atomic E-state index is 0.245. The molecule has 1 aromatic heterocycles. The van der Waals surface area contributed by atoms with Gasteiger partial charge in [-0.15, -0.1) is 11.3 Å². The summed E-state index contributed by atoms with van der Waals surface area (Å²) in [5.41, 5.74) is 2.87. The predicted octanol–water partition coefficient (Wildman–Crippen LogP) is 4.46. The molecule has 0 saturated heterocycles. The number of methoxy groups -OCH3 is 2. The van der Waals surface area contributed by atoms with E-state index < -0.39 is 0 Å². The molecule has 1 heterocycles. The number of nitrogens with zero attached hydrogens (tertiary/aromatic N) is 1. The van der Waals surface area contributed by atoms with Crippen molar-refractivity contribution in [1.82, 2.24) is 4.98 Å². The van der Waals surface area contributed by atoms with Crippen LogP contribution in [0.4, 0.5) is 16.5 Å². The van der Waals surface area contributed by atoms with Gasteiger partial charge in [-0.2, -0.15) is 0 Å². The highest BCUT2D eigenvalue weighted by Crippen LogP contribution is 2.32. The number of anilines is 3. The molecule has 0 saturated carbocycles. The summed E-state index contributed by atoms with van der Waals surface area (Å²) in [4.78, 5) is 16.8. The van der Waals surface area contributed by atoms with Crippen LogP contribution in [-0.2, 0) is 0 Å². The fourth-order valence-corrected chi connectivity index (χ4v) is 3.05. The molecular weight excluding hydrogens is 350 g/mol. The first-order valence-corrected chi connectivity index (χ1v) is 8.80. The van der Waals surface area contributed by atoms with Gasteiger partial charge in [-0.3, -0.25) is 4.79 Å². The van der Waals surface area contributed by atoms with Crippen LogP contribution >= 0.6 is 11.3 Å². The number of ether oxygens (including phenoxy) is 2. The van der Waals surface area contributed by atoms with Crippen molar-refractivity contribution in [3.05, 3.63) is 59.1 Å². The molecule has 0 aliphatic carbocycles. The molecule has 0 spiro atoms. The zero-order valence-corrected chi connectivity index (χ0v) is 15.5. The summed E-state index contributed by atoms with van der Waals surface area (Å²) in [6.07, 6.45) is 0. The molecule has 3 aromatic rings. The molecule has 26 heavy (non-hydrogen) atoms. The van der Waals surface area contributed by atoms with Gasteiger partial charge in [-0.1, -0.05) is 18.2 Å². The van der Waals surface area contributed by atoms with E-state index in [1.165, 1.54) is 11.3 Å². The van der Waals surface area contributed by atoms with Crippen LogP contribution < -0.4 is 20.1 Å². The number of benzene rings is 2. The van der Waals surface area contributed by atoms with Crippen LogP contribution in [0.5, 0.6) is 11.5 Å². The Morgan fingerprint density at radius 1 is 1.08 bits per heavy atom. The fourth-order valence-electron chi connectivity index (χ4n) is 2.35. The second-order valence-corrected chi connectivity index (χ2v) is 6.36. The summed E-state index contributed by atoms with van der Waals surface area (Å²) < 4.78 is 10.6. The number of rotatable bonds is 6. The molecule has 0 unspecified atom stereocenters. The van der Waals surface area contributed by atoms with Crippen molar-refractivity contribution < 1.29 is 14.3 Å². The van der Waals surface area contributed by atoms with Gasteiger partial charge in [0.05, 0.1) is 19.9 Å². The van der Waals surface area contributed by atoms with Crippen molar-refractivity contribution in [1.29, 1.82) is 0 Å². The van der Waals surface area contributed by atoms with Crippen LogP contribution in [0.1, 0.15) is 16.1 Å². The van der Waals surface area contributed by atoms with Gasteiger partial charge in [0.1, 0.15) is 17.2 Å². The highest BCUT2D eigenvalue weighted by Gasteiger charge is 2.13. The van der Waals surface area contributed by atoms with E-state index in [2.05, 4.69) is 15.6 Å². The van der Waals surface area contributed by atoms with Gasteiger partial charge in [0, 0.05) is 17.1 Å². The van der Waals surface area contributed by atoms with Gasteiger partial charge in [0.25, 0.3) is 5.91 Å². The van der Waals surface area contributed by atoms with Gasteiger partial charge in [0.15, 0.2) is 5.13 Å². The van der Waals surface area contributed by atoms with Crippen molar-refractivity contribution in [2.45, 2.75) is 6.92 Å². The van der Waals surface area contributed by atoms with Crippen molar-refractivity contribution in [2.24, 2.45) is 0 Å². The number of thiazole rings is 1. The number of aromatic nitrogens is 1. The smallest absolute Gasteiger partial charge is 0.275 e. The normalized spacial score (nSPS) is 10.3. The maximum atomic E-state index is 12.4. The van der Waals surface area contributed by atoms with Crippen molar-refractivity contribution in [2.75, 3.05) is 24.9 Å². The second-order valence-electron chi connectivity index (χ2n) is 5.50. The molecule has 6 nitrogen and oxygen atoms in total. The molecule has 0 atom stereocenters. The lowest BCUT2D eigenvalue weighted by molar-refractivity contribution is 0.102. The van der Waals surface area contributed by atoms with E-state index in [0.29, 0.717) is 22.3 Å². The number of carbonyl (C=O) groups excluding carboxylic acids is 1. The Balaban J connectivity index is 1.74. The first-order valence-electron chi connectivity index (χ1n) is 7.92. The SMILES string of the molecule is COc1ccc(Nc2nc(C(=O)Nc3ccccc3C)cs2)c(OC)c1. The van der Waals surface area contributed by atoms with E-state index in [9.17, 15) is 4.79 Å². The second kappa shape index (κ2) is 7.88. The maximum Gasteiger partial charge on any atom is 0.275 e. The van der Waals surface area contributed by atoms with Crippen LogP contribution in [-0.4, -0.2) is 25.1 Å². The minimum atomic E-state index is -0.245. The number of nitrogens with one attached hydrogen (secondary N) is 2. The number of para-hydroxylation sites is 1. The first-order chi connectivity index (χ1) is 12.6. The number of hydrogen-bond acceptors (Lipinski definition) is 6. The third kappa shape index (κ3) is 3.94. The van der Waals surface area contributed by atoms with Crippen LogP contribution in [0.3, 0.4) is 0 Å². The molecule has 0 fully saturated rings. The van der Waals surface area contributed by atoms with Crippen LogP contribution in [0.2, 0.25) is 0 Å². The third-order valence-electron chi connectivity index (χ3n) is 3.78. The molecule has 2 N–H and O–H groups in total. The third-order valence-corrected chi connectivity index (χ3v) is 4.54. The molecule has 0 aliphatic heterocycles. The maximum absolute atomic E-state index is 12.4. The minimum Gasteiger partial charge on any atom is -0.497 e. The van der Waals surface area contributed by atoms with Crippen LogP contribution in [0.25, 0.3) is 0 Å². The Morgan fingerprint density at radius 3 is 2.62 bits per heavy atom. The standard InChI is InChI=1S/C19H19N3O3S/c1-12-6-4-5-7-14(12)20-18(23)16-11-26-19(22-16)21-15-9-8-13(24-2)10-17(15)25-3/h4-11H,1-3H3,(H,20,23)(H,21,22). The van der Waals surface area contributed by atoms with Crippen molar-refractivity contribution in [3.63, 3.8) is 0 Å². The molecule has 3 rings (SSSR count). The topological polar surface area (TPSA) is 72.5 Å². The van der Waals surface area contributed by atoms with Crippen LogP contribution in [0, 0.1) is 6.92 Å². The van der Waals surface area contributed by atoms with E-state index in [-0.39, 0.29) is 5.91 Å². The van der Waals surface area contributed by atoms with E-state index in [1.54, 1.807) is 25.7 Å². The largest absolute Gasteiger partial charge is 0.497 e. The summed E-state index contributed by atoms with van der Waals surface area (Å²) in [6, 6.07) is 13.1. The monoisotopic (exact) mass is 369 g/mol. The zero-order valence-electron chi connectivity index (χ0n) is 14.7. The van der Waals surface area contributed by atoms with Crippen molar-refractivity contribution >= 4 is 33.8 Å². The molecule has 134 valence electrons. The summed E-state index contributed by atoms with van der Waals surface area (Å²) in [5, 5.41) is 8.36. The Morgan fingerprint density at radius 2 is 1.88 bits per heavy atom. The highest BCUT2D eigenvalue weighted by atomic mass is 32.1. The lowest BCUT2D eigenvalue weighted by Gasteiger charge is -2.10. The van der Waals surface area contributed by atoms with Gasteiger partial charge in [-0.05, 0) is 30.7 Å². The highest BCUT2D eigenvalue weighted by molar-refractivity contribution is 7.14. The quantitative estimate of drug-likeness (QED) is 0.671. The number of aryl methyl sites for hydroxylation is 1. The average molecular weight is 369 g/mol. The van der Waals surface area contributed by atoms with E-state index >= 15 is 0 Å². The molecule has 0 bridgehead atoms. The lowest BCUT2D eigenvalue weighted by atomic mass is 10.2. The molecule has 2 aromatic carbocycles. The Bertz CT molecular complexity index is 924. The summed E-state index contributed by atoms with van der Waals surface area (Å²) in [6.45, 7) is 1.94. The van der Waals surface area contributed by atoms with Gasteiger partial charge in [-0.25, -0.2) is 4.98 Å². The summed E-state index contributed by atoms with van der Waals surface area (Å²) in [7, 11) is 3.19.